The van der Waals surface area contributed by atoms with Gasteiger partial charge in [0.15, 0.2) is 11.6 Å². The fourth-order valence-corrected chi connectivity index (χ4v) is 3.16. The van der Waals surface area contributed by atoms with E-state index in [1.807, 2.05) is 18.2 Å². The smallest absolute Gasteiger partial charge is 0.241 e. The molecule has 0 atom stereocenters. The van der Waals surface area contributed by atoms with Gasteiger partial charge in [-0.1, -0.05) is 18.2 Å². The van der Waals surface area contributed by atoms with Crippen molar-refractivity contribution >= 4 is 17.3 Å². The molecule has 3 rings (SSSR count). The van der Waals surface area contributed by atoms with Crippen LogP contribution in [0.5, 0.6) is 5.75 Å². The number of halogens is 1. The third kappa shape index (κ3) is 4.07. The number of para-hydroxylation sites is 1. The monoisotopic (exact) mass is 357 g/mol. The van der Waals surface area contributed by atoms with E-state index in [4.69, 9.17) is 10.5 Å². The molecule has 1 amide bonds. The number of nitrogens with zero attached hydrogens (tertiary/aromatic N) is 2. The van der Waals surface area contributed by atoms with Crippen LogP contribution < -0.4 is 15.4 Å². The second-order valence-electron chi connectivity index (χ2n) is 6.46. The number of hydrogen-bond donors (Lipinski definition) is 1. The molecule has 2 aromatic rings. The third-order valence-corrected chi connectivity index (χ3v) is 4.66. The molecule has 0 aromatic heterocycles. The summed E-state index contributed by atoms with van der Waals surface area (Å²) < 4.78 is 19.0. The minimum Gasteiger partial charge on any atom is -0.489 e. The summed E-state index contributed by atoms with van der Waals surface area (Å²) in [6.45, 7) is 1.77. The molecule has 6 heteroatoms. The molecule has 0 bridgehead atoms. The predicted molar refractivity (Wildman–Crippen MR) is 101 cm³/mol. The van der Waals surface area contributed by atoms with Crippen molar-refractivity contribution in [2.45, 2.75) is 12.8 Å². The zero-order chi connectivity index (χ0) is 18.5. The highest BCUT2D eigenvalue weighted by molar-refractivity contribution is 5.82. The fourth-order valence-electron chi connectivity index (χ4n) is 3.16. The van der Waals surface area contributed by atoms with Crippen LogP contribution in [0.25, 0.3) is 0 Å². The summed E-state index contributed by atoms with van der Waals surface area (Å²) in [6.07, 6.45) is 1.92. The van der Waals surface area contributed by atoms with Gasteiger partial charge in [0.2, 0.25) is 5.91 Å². The first-order valence-electron chi connectivity index (χ1n) is 8.80. The summed E-state index contributed by atoms with van der Waals surface area (Å²) >= 11 is 0. The van der Waals surface area contributed by atoms with Crippen molar-refractivity contribution in [1.29, 1.82) is 0 Å². The van der Waals surface area contributed by atoms with Crippen molar-refractivity contribution in [2.24, 2.45) is 0 Å². The number of ether oxygens (including phenoxy) is 1. The summed E-state index contributed by atoms with van der Waals surface area (Å²) in [6, 6.07) is 12.1. The van der Waals surface area contributed by atoms with Crippen molar-refractivity contribution in [2.75, 3.05) is 43.9 Å². The Hall–Kier alpha value is -2.76. The molecule has 138 valence electrons. The van der Waals surface area contributed by atoms with Gasteiger partial charge in [0.25, 0.3) is 0 Å². The highest BCUT2D eigenvalue weighted by Crippen LogP contribution is 2.31. The van der Waals surface area contributed by atoms with Crippen LogP contribution in [0.2, 0.25) is 0 Å². The number of carbonyl (C=O) groups is 1. The van der Waals surface area contributed by atoms with Gasteiger partial charge in [0.05, 0.1) is 13.1 Å². The Kier molecular flexibility index (Phi) is 5.61. The van der Waals surface area contributed by atoms with Crippen LogP contribution in [0.4, 0.5) is 15.8 Å². The number of likely N-dealkylation sites (N-methyl/N-ethyl adjacent to an activating group) is 1. The molecule has 2 N–H and O–H groups in total. The molecular weight excluding hydrogens is 333 g/mol. The highest BCUT2D eigenvalue weighted by Gasteiger charge is 2.21. The molecule has 26 heavy (non-hydrogen) atoms. The van der Waals surface area contributed by atoms with Gasteiger partial charge in [-0.05, 0) is 42.7 Å². The van der Waals surface area contributed by atoms with E-state index in [2.05, 4.69) is 4.90 Å². The summed E-state index contributed by atoms with van der Waals surface area (Å²) in [5.74, 6) is -0.199. The molecule has 0 radical (unpaired) electrons. The van der Waals surface area contributed by atoms with Gasteiger partial charge in [0.1, 0.15) is 6.61 Å². The molecule has 0 unspecified atom stereocenters. The molecule has 2 aromatic carbocycles. The number of hydrogen-bond acceptors (Lipinski definition) is 4. The van der Waals surface area contributed by atoms with E-state index < -0.39 is 5.82 Å². The summed E-state index contributed by atoms with van der Waals surface area (Å²) in [5, 5.41) is 0. The van der Waals surface area contributed by atoms with Crippen LogP contribution in [0.15, 0.2) is 42.5 Å². The van der Waals surface area contributed by atoms with Crippen LogP contribution in [-0.4, -0.2) is 44.1 Å². The van der Waals surface area contributed by atoms with Crippen LogP contribution >= 0.6 is 0 Å². The van der Waals surface area contributed by atoms with Gasteiger partial charge in [-0.25, -0.2) is 4.39 Å². The lowest BCUT2D eigenvalue weighted by molar-refractivity contribution is -0.128. The maximum Gasteiger partial charge on any atom is 0.241 e. The second kappa shape index (κ2) is 8.08. The van der Waals surface area contributed by atoms with E-state index >= 15 is 0 Å². The fraction of sp³-hybridized carbons (Fsp3) is 0.350. The first-order valence-corrected chi connectivity index (χ1v) is 8.80. The number of fused-ring (bicyclic) bond motifs is 1. The molecule has 0 saturated heterocycles. The Morgan fingerprint density at radius 3 is 2.88 bits per heavy atom. The maximum absolute atomic E-state index is 13.5. The third-order valence-electron chi connectivity index (χ3n) is 4.66. The second-order valence-corrected chi connectivity index (χ2v) is 6.46. The van der Waals surface area contributed by atoms with Gasteiger partial charge in [-0.15, -0.1) is 0 Å². The predicted octanol–water partition coefficient (Wildman–Crippen LogP) is 2.70. The van der Waals surface area contributed by atoms with Crippen LogP contribution in [0.1, 0.15) is 12.0 Å². The van der Waals surface area contributed by atoms with Crippen molar-refractivity contribution < 1.29 is 13.9 Å². The van der Waals surface area contributed by atoms with E-state index in [0.29, 0.717) is 13.1 Å². The standard InChI is InChI=1S/C20H24FN3O2/c1-23(12-13-26-19-10-3-2-7-16(19)21)20(25)14-24-11-5-6-15-17(22)8-4-9-18(15)24/h2-4,7-10H,5-6,11-14,22H2,1H3. The average molecular weight is 357 g/mol. The highest BCUT2D eigenvalue weighted by atomic mass is 19.1. The topological polar surface area (TPSA) is 58.8 Å². The number of anilines is 2. The number of nitrogens with two attached hydrogens (primary N) is 1. The molecular formula is C20H24FN3O2. The molecule has 5 nitrogen and oxygen atoms in total. The van der Waals surface area contributed by atoms with E-state index in [9.17, 15) is 9.18 Å². The number of amides is 1. The van der Waals surface area contributed by atoms with Gasteiger partial charge < -0.3 is 20.3 Å². The normalized spacial score (nSPS) is 13.2. The SMILES string of the molecule is CN(CCOc1ccccc1F)C(=O)CN1CCCc2c(N)cccc21. The number of benzene rings is 2. The minimum atomic E-state index is -0.399. The summed E-state index contributed by atoms with van der Waals surface area (Å²) in [4.78, 5) is 16.2. The lowest BCUT2D eigenvalue weighted by atomic mass is 10.00. The molecule has 0 saturated carbocycles. The molecule has 0 aliphatic carbocycles. The van der Waals surface area contributed by atoms with Gasteiger partial charge in [-0.2, -0.15) is 0 Å². The molecule has 1 heterocycles. The van der Waals surface area contributed by atoms with Crippen LogP contribution in [-0.2, 0) is 11.2 Å². The van der Waals surface area contributed by atoms with Crippen LogP contribution in [0, 0.1) is 5.82 Å². The van der Waals surface area contributed by atoms with E-state index in [1.54, 1.807) is 30.1 Å². The Morgan fingerprint density at radius 1 is 1.27 bits per heavy atom. The molecule has 0 fully saturated rings. The molecule has 1 aliphatic heterocycles. The Labute approximate surface area is 153 Å². The van der Waals surface area contributed by atoms with Crippen molar-refractivity contribution in [3.8, 4) is 5.75 Å². The number of nitrogen functional groups attached to an aromatic ring is 1. The van der Waals surface area contributed by atoms with Gasteiger partial charge >= 0.3 is 0 Å². The molecule has 0 spiro atoms. The molecule has 1 aliphatic rings. The zero-order valence-corrected chi connectivity index (χ0v) is 15.0. The largest absolute Gasteiger partial charge is 0.489 e. The average Bonchev–Trinajstić information content (AvgIpc) is 2.64. The van der Waals surface area contributed by atoms with Crippen molar-refractivity contribution in [1.82, 2.24) is 4.90 Å². The van der Waals surface area contributed by atoms with Gasteiger partial charge in [-0.3, -0.25) is 4.79 Å². The van der Waals surface area contributed by atoms with Crippen molar-refractivity contribution in [3.63, 3.8) is 0 Å². The summed E-state index contributed by atoms with van der Waals surface area (Å²) in [7, 11) is 1.73. The first-order chi connectivity index (χ1) is 12.6. The van der Waals surface area contributed by atoms with Gasteiger partial charge in [0, 0.05) is 25.0 Å². The van der Waals surface area contributed by atoms with Crippen molar-refractivity contribution in [3.05, 3.63) is 53.8 Å². The van der Waals surface area contributed by atoms with E-state index in [-0.39, 0.29) is 18.3 Å². The first kappa shape index (κ1) is 18.0. The number of carbonyl (C=O) groups excluding carboxylic acids is 1. The minimum absolute atomic E-state index is 0.00240. The summed E-state index contributed by atoms with van der Waals surface area (Å²) in [5.41, 5.74) is 9.01. The number of rotatable bonds is 6. The Bertz CT molecular complexity index is 781. The van der Waals surface area contributed by atoms with E-state index in [0.717, 1.165) is 36.3 Å². The zero-order valence-electron chi connectivity index (χ0n) is 15.0. The lowest BCUT2D eigenvalue weighted by Crippen LogP contribution is -2.42. The van der Waals surface area contributed by atoms with Crippen LogP contribution in [0.3, 0.4) is 0 Å². The quantitative estimate of drug-likeness (QED) is 0.808. The Balaban J connectivity index is 1.54. The van der Waals surface area contributed by atoms with E-state index in [1.165, 1.54) is 6.07 Å². The lowest BCUT2D eigenvalue weighted by Gasteiger charge is -2.32. The Morgan fingerprint density at radius 2 is 2.08 bits per heavy atom. The maximum atomic E-state index is 13.5.